The minimum Gasteiger partial charge on any atom is -0.366 e. The molecule has 0 spiro atoms. The number of amides is 1. The van der Waals surface area contributed by atoms with Gasteiger partial charge in [0.1, 0.15) is 11.8 Å². The number of nitrogens with one attached hydrogen (secondary N) is 2. The van der Waals surface area contributed by atoms with E-state index in [2.05, 4.69) is 15.7 Å². The Morgan fingerprint density at radius 2 is 2.43 bits per heavy atom. The summed E-state index contributed by atoms with van der Waals surface area (Å²) < 4.78 is 20.8. The van der Waals surface area contributed by atoms with E-state index in [0.29, 0.717) is 24.5 Å². The molecule has 3 rings (SSSR count). The van der Waals surface area contributed by atoms with E-state index in [1.54, 1.807) is 30.6 Å². The lowest BCUT2D eigenvalue weighted by molar-refractivity contribution is -0.128. The summed E-state index contributed by atoms with van der Waals surface area (Å²) in [6.07, 6.45) is 2.67. The van der Waals surface area contributed by atoms with Crippen LogP contribution >= 0.6 is 0 Å². The number of aromatic nitrogens is 2. The molecule has 0 aliphatic carbocycles. The summed E-state index contributed by atoms with van der Waals surface area (Å²) >= 11 is 0. The lowest BCUT2D eigenvalue weighted by Crippen LogP contribution is -2.45. The first-order valence-corrected chi connectivity index (χ1v) is 6.67. The van der Waals surface area contributed by atoms with Crippen molar-refractivity contribution in [2.75, 3.05) is 25.0 Å². The molecule has 2 aromatic rings. The molecule has 1 aliphatic rings. The largest absolute Gasteiger partial charge is 0.366 e. The Morgan fingerprint density at radius 3 is 3.10 bits per heavy atom. The number of morpholine rings is 1. The molecule has 1 amide bonds. The Labute approximate surface area is 120 Å². The number of carbonyl (C=O) groups excluding carboxylic acids is 1. The number of anilines is 1. The van der Waals surface area contributed by atoms with Gasteiger partial charge in [-0.15, -0.1) is 0 Å². The van der Waals surface area contributed by atoms with Crippen molar-refractivity contribution in [2.24, 2.45) is 0 Å². The summed E-state index contributed by atoms with van der Waals surface area (Å²) in [6.45, 7) is 1.68. The van der Waals surface area contributed by atoms with E-state index in [4.69, 9.17) is 4.74 Å². The van der Waals surface area contributed by atoms with E-state index in [0.717, 1.165) is 6.54 Å². The highest BCUT2D eigenvalue weighted by molar-refractivity contribution is 5.94. The molecule has 1 aromatic heterocycles. The third kappa shape index (κ3) is 3.09. The maximum absolute atomic E-state index is 14.1. The molecule has 0 saturated carbocycles. The highest BCUT2D eigenvalue weighted by Gasteiger charge is 2.22. The van der Waals surface area contributed by atoms with E-state index in [1.807, 2.05) is 0 Å². The SMILES string of the molecule is O=C(Nc1ccc(-n2cccn2)c(F)c1)C1CNCCO1. The summed E-state index contributed by atoms with van der Waals surface area (Å²) in [5.41, 5.74) is 0.719. The maximum Gasteiger partial charge on any atom is 0.254 e. The minimum atomic E-state index is -0.549. The zero-order valence-corrected chi connectivity index (χ0v) is 11.3. The van der Waals surface area contributed by atoms with Crippen LogP contribution in [0.1, 0.15) is 0 Å². The predicted octanol–water partition coefficient (Wildman–Crippen LogP) is 0.938. The van der Waals surface area contributed by atoms with Crippen LogP contribution in [0.4, 0.5) is 10.1 Å². The average molecular weight is 290 g/mol. The quantitative estimate of drug-likeness (QED) is 0.883. The molecule has 0 radical (unpaired) electrons. The normalized spacial score (nSPS) is 18.4. The summed E-state index contributed by atoms with van der Waals surface area (Å²) in [5.74, 6) is -0.743. The van der Waals surface area contributed by atoms with E-state index in [-0.39, 0.29) is 5.91 Å². The van der Waals surface area contributed by atoms with Crippen molar-refractivity contribution >= 4 is 11.6 Å². The molecule has 1 saturated heterocycles. The Hall–Kier alpha value is -2.25. The first-order valence-electron chi connectivity index (χ1n) is 6.67. The van der Waals surface area contributed by atoms with E-state index >= 15 is 0 Å². The predicted molar refractivity (Wildman–Crippen MR) is 74.8 cm³/mol. The van der Waals surface area contributed by atoms with Gasteiger partial charge in [-0.25, -0.2) is 9.07 Å². The van der Waals surface area contributed by atoms with Crippen LogP contribution in [0.15, 0.2) is 36.7 Å². The third-order valence-electron chi connectivity index (χ3n) is 3.19. The van der Waals surface area contributed by atoms with Crippen molar-refractivity contribution in [2.45, 2.75) is 6.10 Å². The number of hydrogen-bond acceptors (Lipinski definition) is 4. The zero-order chi connectivity index (χ0) is 14.7. The van der Waals surface area contributed by atoms with Gasteiger partial charge in [0.25, 0.3) is 5.91 Å². The number of nitrogens with zero attached hydrogens (tertiary/aromatic N) is 2. The van der Waals surface area contributed by atoms with Crippen LogP contribution in [0.2, 0.25) is 0 Å². The summed E-state index contributed by atoms with van der Waals surface area (Å²) in [7, 11) is 0. The standard InChI is InChI=1S/C14H15FN4O2/c15-11-8-10(2-3-12(11)19-6-1-4-17-19)18-14(20)13-9-16-5-7-21-13/h1-4,6,8,13,16H,5,7,9H2,(H,18,20). The molecule has 1 fully saturated rings. The number of rotatable bonds is 3. The van der Waals surface area contributed by atoms with Gasteiger partial charge in [0, 0.05) is 31.2 Å². The van der Waals surface area contributed by atoms with Gasteiger partial charge in [-0.3, -0.25) is 4.79 Å². The molecule has 2 N–H and O–H groups in total. The van der Waals surface area contributed by atoms with Gasteiger partial charge in [-0.1, -0.05) is 0 Å². The second kappa shape index (κ2) is 6.02. The molecule has 2 heterocycles. The van der Waals surface area contributed by atoms with Crippen molar-refractivity contribution in [3.05, 3.63) is 42.5 Å². The summed E-state index contributed by atoms with van der Waals surface area (Å²) in [5, 5.41) is 9.69. The Bertz CT molecular complexity index is 624. The third-order valence-corrected chi connectivity index (χ3v) is 3.19. The smallest absolute Gasteiger partial charge is 0.254 e. The number of hydrogen-bond donors (Lipinski definition) is 2. The number of ether oxygens (including phenoxy) is 1. The highest BCUT2D eigenvalue weighted by atomic mass is 19.1. The van der Waals surface area contributed by atoms with Crippen molar-refractivity contribution in [3.8, 4) is 5.69 Å². The van der Waals surface area contributed by atoms with Crippen molar-refractivity contribution in [3.63, 3.8) is 0 Å². The second-order valence-electron chi connectivity index (χ2n) is 4.67. The first-order chi connectivity index (χ1) is 10.2. The fourth-order valence-electron chi connectivity index (χ4n) is 2.14. The highest BCUT2D eigenvalue weighted by Crippen LogP contribution is 2.18. The van der Waals surface area contributed by atoms with Crippen molar-refractivity contribution < 1.29 is 13.9 Å². The Kier molecular flexibility index (Phi) is 3.94. The minimum absolute atomic E-state index is 0.284. The van der Waals surface area contributed by atoms with Gasteiger partial charge in [0.2, 0.25) is 0 Å². The maximum atomic E-state index is 14.1. The van der Waals surface area contributed by atoms with E-state index in [1.165, 1.54) is 10.7 Å². The van der Waals surface area contributed by atoms with Gasteiger partial charge in [0.15, 0.2) is 5.82 Å². The van der Waals surface area contributed by atoms with Gasteiger partial charge < -0.3 is 15.4 Å². The molecule has 1 atom stereocenters. The summed E-state index contributed by atoms with van der Waals surface area (Å²) in [6, 6.07) is 6.18. The molecular formula is C14H15FN4O2. The molecule has 1 aromatic carbocycles. The average Bonchev–Trinajstić information content (AvgIpc) is 3.02. The summed E-state index contributed by atoms with van der Waals surface area (Å²) in [4.78, 5) is 12.0. The van der Waals surface area contributed by atoms with Crippen LogP contribution in [0.25, 0.3) is 5.69 Å². The molecular weight excluding hydrogens is 275 g/mol. The second-order valence-corrected chi connectivity index (χ2v) is 4.67. The Balaban J connectivity index is 1.72. The van der Waals surface area contributed by atoms with E-state index < -0.39 is 11.9 Å². The van der Waals surface area contributed by atoms with Crippen LogP contribution < -0.4 is 10.6 Å². The Morgan fingerprint density at radius 1 is 1.52 bits per heavy atom. The molecule has 7 heteroatoms. The topological polar surface area (TPSA) is 68.2 Å². The van der Waals surface area contributed by atoms with Crippen LogP contribution in [0.5, 0.6) is 0 Å². The van der Waals surface area contributed by atoms with Gasteiger partial charge in [0.05, 0.1) is 6.61 Å². The first kappa shape index (κ1) is 13.7. The van der Waals surface area contributed by atoms with Gasteiger partial charge in [-0.05, 0) is 24.3 Å². The molecule has 1 aliphatic heterocycles. The molecule has 0 bridgehead atoms. The van der Waals surface area contributed by atoms with Crippen LogP contribution in [-0.4, -0.2) is 41.5 Å². The molecule has 1 unspecified atom stereocenters. The van der Waals surface area contributed by atoms with Gasteiger partial charge in [-0.2, -0.15) is 5.10 Å². The fourth-order valence-corrected chi connectivity index (χ4v) is 2.14. The van der Waals surface area contributed by atoms with Gasteiger partial charge >= 0.3 is 0 Å². The van der Waals surface area contributed by atoms with Crippen molar-refractivity contribution in [1.29, 1.82) is 0 Å². The monoisotopic (exact) mass is 290 g/mol. The van der Waals surface area contributed by atoms with Crippen LogP contribution in [0.3, 0.4) is 0 Å². The van der Waals surface area contributed by atoms with Crippen molar-refractivity contribution in [1.82, 2.24) is 15.1 Å². The number of benzene rings is 1. The fraction of sp³-hybridized carbons (Fsp3) is 0.286. The lowest BCUT2D eigenvalue weighted by Gasteiger charge is -2.22. The number of carbonyl (C=O) groups is 1. The zero-order valence-electron chi connectivity index (χ0n) is 11.3. The lowest BCUT2D eigenvalue weighted by atomic mass is 10.2. The molecule has 110 valence electrons. The van der Waals surface area contributed by atoms with Crippen LogP contribution in [-0.2, 0) is 9.53 Å². The van der Waals surface area contributed by atoms with E-state index in [9.17, 15) is 9.18 Å². The molecule has 21 heavy (non-hydrogen) atoms. The molecule has 6 nitrogen and oxygen atoms in total. The van der Waals surface area contributed by atoms with Crippen LogP contribution in [0, 0.1) is 5.82 Å². The number of halogens is 1.